The van der Waals surface area contributed by atoms with Crippen LogP contribution in [0.1, 0.15) is 0 Å². The van der Waals surface area contributed by atoms with Crippen LogP contribution in [0.4, 0.5) is 0 Å². The molecule has 5 heavy (non-hydrogen) atoms. The predicted molar refractivity (Wildman–Crippen MR) is 10.4 cm³/mol. The molecule has 0 bridgehead atoms. The standard InChI is InChI=1S/Cd.NO3/c;2-1(3)4/q+2;-1. The summed E-state index contributed by atoms with van der Waals surface area (Å²) in [7, 11) is 0. The van der Waals surface area contributed by atoms with Crippen molar-refractivity contribution >= 4 is 0 Å². The van der Waals surface area contributed by atoms with E-state index in [1.54, 1.807) is 0 Å². The summed E-state index contributed by atoms with van der Waals surface area (Å²) in [5.74, 6) is 0. The van der Waals surface area contributed by atoms with Crippen molar-refractivity contribution in [1.29, 1.82) is 0 Å². The molecule has 0 aliphatic heterocycles. The van der Waals surface area contributed by atoms with Crippen LogP contribution in [0.5, 0.6) is 0 Å². The third-order valence-electron chi connectivity index (χ3n) is 0. The van der Waals surface area contributed by atoms with Crippen LogP contribution in [0.15, 0.2) is 0 Å². The fraction of sp³-hybridized carbons (Fsp3) is 0. The topological polar surface area (TPSA) is 66.2 Å². The van der Waals surface area contributed by atoms with Crippen molar-refractivity contribution < 1.29 is 32.4 Å². The first kappa shape index (κ1) is 8.93. The Kier molecular flexibility index (Phi) is 7.36. The van der Waals surface area contributed by atoms with Crippen molar-refractivity contribution in [2.75, 3.05) is 0 Å². The summed E-state index contributed by atoms with van der Waals surface area (Å²) in [6.45, 7) is 0. The molecule has 0 aromatic heterocycles. The van der Waals surface area contributed by atoms with Gasteiger partial charge in [-0.15, -0.1) is 0 Å². The van der Waals surface area contributed by atoms with Gasteiger partial charge in [-0.2, -0.15) is 0 Å². The van der Waals surface area contributed by atoms with Crippen molar-refractivity contribution in [1.82, 2.24) is 0 Å². The Hall–Kier alpha value is 0.122. The van der Waals surface area contributed by atoms with E-state index in [1.807, 2.05) is 0 Å². The molecule has 5 heteroatoms. The van der Waals surface area contributed by atoms with Crippen LogP contribution < -0.4 is 0 Å². The van der Waals surface area contributed by atoms with Gasteiger partial charge in [0.05, 0.1) is 5.09 Å². The molecule has 0 rings (SSSR count). The Morgan fingerprint density at radius 1 is 1.40 bits per heavy atom. The number of nitrogens with zero attached hydrogens (tertiary/aromatic N) is 1. The summed E-state index contributed by atoms with van der Waals surface area (Å²) in [4.78, 5) is 8.25. The molecule has 0 unspecified atom stereocenters. The van der Waals surface area contributed by atoms with Crippen molar-refractivity contribution in [2.24, 2.45) is 0 Å². The quantitative estimate of drug-likeness (QED) is 0.289. The molecule has 4 nitrogen and oxygen atoms in total. The largest absolute Gasteiger partial charge is 2.00 e. The smallest absolute Gasteiger partial charge is 0.356 e. The van der Waals surface area contributed by atoms with E-state index in [1.165, 1.54) is 0 Å². The minimum absolute atomic E-state index is 0. The maximum atomic E-state index is 8.25. The molecule has 0 aliphatic carbocycles. The third kappa shape index (κ3) is 1250. The summed E-state index contributed by atoms with van der Waals surface area (Å²) in [5, 5.41) is 14.8. The summed E-state index contributed by atoms with van der Waals surface area (Å²) in [6.07, 6.45) is 0. The zero-order chi connectivity index (χ0) is 3.58. The van der Waals surface area contributed by atoms with Crippen molar-refractivity contribution in [3.8, 4) is 0 Å². The number of rotatable bonds is 0. The molecule has 0 fully saturated rings. The summed E-state index contributed by atoms with van der Waals surface area (Å²) in [6, 6.07) is 0. The zero-order valence-corrected chi connectivity index (χ0v) is 6.42. The predicted octanol–water partition coefficient (Wildman–Crippen LogP) is -0.242. The molecule has 24 valence electrons. The molecule has 0 aliphatic rings. The summed E-state index contributed by atoms with van der Waals surface area (Å²) < 4.78 is 0. The second-order valence-corrected chi connectivity index (χ2v) is 0.224. The van der Waals surface area contributed by atoms with Crippen molar-refractivity contribution in [3.63, 3.8) is 0 Å². The first-order valence-electron chi connectivity index (χ1n) is 0.548. The molecular formula is CdNO3+. The zero-order valence-electron chi connectivity index (χ0n) is 2.38. The fourth-order valence-corrected chi connectivity index (χ4v) is 0. The molecule has 0 amide bonds. The molecule has 0 spiro atoms. The van der Waals surface area contributed by atoms with Crippen molar-refractivity contribution in [2.45, 2.75) is 0 Å². The molecule has 0 aromatic rings. The first-order chi connectivity index (χ1) is 1.73. The Morgan fingerprint density at radius 2 is 1.40 bits per heavy atom. The minimum atomic E-state index is -1.75. The minimum Gasteiger partial charge on any atom is -0.356 e. The van der Waals surface area contributed by atoms with E-state index < -0.39 is 5.09 Å². The molecule has 0 saturated carbocycles. The van der Waals surface area contributed by atoms with Crippen LogP contribution in [0.25, 0.3) is 0 Å². The molecule has 0 heterocycles. The third-order valence-corrected chi connectivity index (χ3v) is 0. The average Bonchev–Trinajstić information content (AvgIpc) is 0.811. The molecule has 0 N–H and O–H groups in total. The summed E-state index contributed by atoms with van der Waals surface area (Å²) >= 11 is 0. The van der Waals surface area contributed by atoms with Gasteiger partial charge in [0, 0.05) is 0 Å². The second kappa shape index (κ2) is 4.12. The van der Waals surface area contributed by atoms with Crippen LogP contribution >= 0.6 is 0 Å². The first-order valence-corrected chi connectivity index (χ1v) is 0.548. The van der Waals surface area contributed by atoms with E-state index in [2.05, 4.69) is 0 Å². The van der Waals surface area contributed by atoms with Crippen LogP contribution in [0.3, 0.4) is 0 Å². The Morgan fingerprint density at radius 3 is 1.40 bits per heavy atom. The van der Waals surface area contributed by atoms with Gasteiger partial charge in [0.15, 0.2) is 0 Å². The van der Waals surface area contributed by atoms with E-state index in [0.29, 0.717) is 0 Å². The van der Waals surface area contributed by atoms with Gasteiger partial charge in [-0.1, -0.05) is 0 Å². The maximum Gasteiger partial charge on any atom is 2.00 e. The monoisotopic (exact) mass is 176 g/mol. The van der Waals surface area contributed by atoms with Gasteiger partial charge in [-0.3, -0.25) is 0 Å². The van der Waals surface area contributed by atoms with Crippen LogP contribution in [-0.2, 0) is 27.3 Å². The van der Waals surface area contributed by atoms with E-state index in [4.69, 9.17) is 15.3 Å². The van der Waals surface area contributed by atoms with Gasteiger partial charge in [0.25, 0.3) is 0 Å². The van der Waals surface area contributed by atoms with E-state index in [0.717, 1.165) is 0 Å². The maximum absolute atomic E-state index is 8.25. The average molecular weight is 174 g/mol. The fourth-order valence-electron chi connectivity index (χ4n) is 0. The van der Waals surface area contributed by atoms with Gasteiger partial charge in [0.1, 0.15) is 0 Å². The van der Waals surface area contributed by atoms with Gasteiger partial charge in [-0.25, -0.2) is 0 Å². The van der Waals surface area contributed by atoms with Crippen LogP contribution in [0, 0.1) is 15.3 Å². The normalized spacial score (nSPS) is 4.80. The second-order valence-electron chi connectivity index (χ2n) is 0.224. The van der Waals surface area contributed by atoms with Gasteiger partial charge >= 0.3 is 27.3 Å². The summed E-state index contributed by atoms with van der Waals surface area (Å²) in [5.41, 5.74) is 0. The van der Waals surface area contributed by atoms with Gasteiger partial charge in [0.2, 0.25) is 0 Å². The van der Waals surface area contributed by atoms with E-state index in [-0.39, 0.29) is 27.3 Å². The molecule has 0 saturated heterocycles. The molecule has 0 atom stereocenters. The van der Waals surface area contributed by atoms with Crippen molar-refractivity contribution in [3.05, 3.63) is 15.3 Å². The molecular weight excluding hydrogens is 174 g/mol. The van der Waals surface area contributed by atoms with Crippen LogP contribution in [-0.4, -0.2) is 5.09 Å². The SMILES string of the molecule is O=[N+]([O-])[O-].[Cd+2]. The number of hydrogen-bond acceptors (Lipinski definition) is 3. The van der Waals surface area contributed by atoms with Gasteiger partial charge < -0.3 is 15.3 Å². The Bertz CT molecular complexity index is 29.9. The van der Waals surface area contributed by atoms with Crippen LogP contribution in [0.2, 0.25) is 0 Å². The Labute approximate surface area is 48.1 Å². The van der Waals surface area contributed by atoms with Gasteiger partial charge in [-0.05, 0) is 0 Å². The van der Waals surface area contributed by atoms with E-state index in [9.17, 15) is 0 Å². The molecule has 0 radical (unpaired) electrons. The molecule has 0 aromatic carbocycles. The van der Waals surface area contributed by atoms with E-state index >= 15 is 0 Å². The number of hydrogen-bond donors (Lipinski definition) is 0. The Balaban J connectivity index is 0.